The zero-order valence-corrected chi connectivity index (χ0v) is 9.37. The van der Waals surface area contributed by atoms with Crippen LogP contribution in [0.5, 0.6) is 0 Å². The van der Waals surface area contributed by atoms with Crippen molar-refractivity contribution in [3.63, 3.8) is 0 Å². The van der Waals surface area contributed by atoms with E-state index in [0.717, 1.165) is 30.0 Å². The fraction of sp³-hybridized carbons (Fsp3) is 0.250. The van der Waals surface area contributed by atoms with E-state index in [2.05, 4.69) is 30.3 Å². The third-order valence-electron chi connectivity index (χ3n) is 2.64. The molecule has 0 radical (unpaired) electrons. The summed E-state index contributed by atoms with van der Waals surface area (Å²) in [6.07, 6.45) is 2.86. The lowest BCUT2D eigenvalue weighted by molar-refractivity contribution is 1.03. The summed E-state index contributed by atoms with van der Waals surface area (Å²) in [7, 11) is -0.199. The molecule has 0 spiro atoms. The molecule has 2 rings (SSSR count). The highest BCUT2D eigenvalue weighted by molar-refractivity contribution is 7.65. The van der Waals surface area contributed by atoms with Gasteiger partial charge in [0, 0.05) is 11.9 Å². The van der Waals surface area contributed by atoms with Crippen LogP contribution in [0, 0.1) is 11.3 Å². The number of nitrogens with two attached hydrogens (primary N) is 1. The van der Waals surface area contributed by atoms with Crippen molar-refractivity contribution in [3.8, 4) is 6.07 Å². The molecule has 1 aliphatic rings. The van der Waals surface area contributed by atoms with Crippen molar-refractivity contribution in [2.45, 2.75) is 6.42 Å². The van der Waals surface area contributed by atoms with Crippen molar-refractivity contribution in [1.82, 2.24) is 0 Å². The summed E-state index contributed by atoms with van der Waals surface area (Å²) >= 11 is 0. The van der Waals surface area contributed by atoms with Crippen LogP contribution in [0.25, 0.3) is 0 Å². The number of hydrogen-bond acceptors (Lipinski definition) is 2. The van der Waals surface area contributed by atoms with Crippen LogP contribution in [-0.4, -0.2) is 12.3 Å². The second kappa shape index (κ2) is 4.47. The van der Waals surface area contributed by atoms with Crippen molar-refractivity contribution in [3.05, 3.63) is 41.6 Å². The summed E-state index contributed by atoms with van der Waals surface area (Å²) in [5.74, 6) is 0. The lowest BCUT2D eigenvalue weighted by Gasteiger charge is -2.23. The Morgan fingerprint density at radius 1 is 1.27 bits per heavy atom. The first-order valence-electron chi connectivity index (χ1n) is 4.99. The number of nitrogens with zero attached hydrogens (tertiary/aromatic N) is 1. The molecular weight excluding hydrogens is 203 g/mol. The molecule has 1 aromatic carbocycles. The smallest absolute Gasteiger partial charge is 0.0969 e. The Bertz CT molecular complexity index is 417. The molecule has 2 nitrogen and oxygen atoms in total. The second-order valence-electron chi connectivity index (χ2n) is 3.62. The van der Waals surface area contributed by atoms with E-state index in [9.17, 15) is 0 Å². The van der Waals surface area contributed by atoms with Crippen molar-refractivity contribution >= 4 is 13.2 Å². The van der Waals surface area contributed by atoms with Crippen LogP contribution < -0.4 is 11.0 Å². The normalized spacial score (nSPS) is 21.1. The van der Waals surface area contributed by atoms with Crippen LogP contribution in [0.1, 0.15) is 6.42 Å². The van der Waals surface area contributed by atoms with Gasteiger partial charge in [-0.1, -0.05) is 38.3 Å². The highest BCUT2D eigenvalue weighted by Gasteiger charge is 2.20. The third-order valence-corrected chi connectivity index (χ3v) is 5.13. The Hall–Kier alpha value is -1.32. The number of benzene rings is 1. The van der Waals surface area contributed by atoms with Crippen molar-refractivity contribution in [2.24, 2.45) is 5.73 Å². The van der Waals surface area contributed by atoms with Gasteiger partial charge in [-0.15, -0.1) is 0 Å². The predicted octanol–water partition coefficient (Wildman–Crippen LogP) is 1.93. The van der Waals surface area contributed by atoms with E-state index >= 15 is 0 Å². The Labute approximate surface area is 91.2 Å². The Kier molecular flexibility index (Phi) is 3.04. The Morgan fingerprint density at radius 3 is 2.67 bits per heavy atom. The van der Waals surface area contributed by atoms with Gasteiger partial charge in [0.05, 0.1) is 11.6 Å². The van der Waals surface area contributed by atoms with E-state index in [-0.39, 0.29) is 7.92 Å². The second-order valence-corrected chi connectivity index (χ2v) is 5.98. The Morgan fingerprint density at radius 2 is 2.00 bits per heavy atom. The molecule has 0 fully saturated rings. The van der Waals surface area contributed by atoms with Gasteiger partial charge in [-0.25, -0.2) is 0 Å². The summed E-state index contributed by atoms with van der Waals surface area (Å²) < 4.78 is 0. The third kappa shape index (κ3) is 2.19. The fourth-order valence-corrected chi connectivity index (χ4v) is 4.10. The monoisotopic (exact) mass is 216 g/mol. The number of nitriles is 1. The number of allylic oxidation sites excluding steroid dienone is 2. The number of rotatable bonds is 1. The first-order valence-corrected chi connectivity index (χ1v) is 6.70. The summed E-state index contributed by atoms with van der Waals surface area (Å²) in [6.45, 7) is 0. The molecule has 2 N–H and O–H groups in total. The lowest BCUT2D eigenvalue weighted by atomic mass is 10.2. The highest BCUT2D eigenvalue weighted by atomic mass is 31.1. The first-order chi connectivity index (χ1) is 7.31. The van der Waals surface area contributed by atoms with Gasteiger partial charge in [0.2, 0.25) is 0 Å². The molecule has 76 valence electrons. The maximum Gasteiger partial charge on any atom is 0.0969 e. The average Bonchev–Trinajstić information content (AvgIpc) is 2.31. The van der Waals surface area contributed by atoms with Gasteiger partial charge >= 0.3 is 0 Å². The van der Waals surface area contributed by atoms with Crippen molar-refractivity contribution in [2.75, 3.05) is 12.3 Å². The van der Waals surface area contributed by atoms with Gasteiger partial charge in [-0.3, -0.25) is 0 Å². The van der Waals surface area contributed by atoms with E-state index < -0.39 is 0 Å². The van der Waals surface area contributed by atoms with Gasteiger partial charge in [0.25, 0.3) is 0 Å². The van der Waals surface area contributed by atoms with E-state index in [1.54, 1.807) is 0 Å². The van der Waals surface area contributed by atoms with Crippen LogP contribution in [0.4, 0.5) is 0 Å². The van der Waals surface area contributed by atoms with Crippen LogP contribution in [0.2, 0.25) is 0 Å². The van der Waals surface area contributed by atoms with Crippen molar-refractivity contribution < 1.29 is 0 Å². The van der Waals surface area contributed by atoms with Crippen LogP contribution in [-0.2, 0) is 0 Å². The molecule has 3 heteroatoms. The van der Waals surface area contributed by atoms with E-state index in [0.29, 0.717) is 0 Å². The average molecular weight is 216 g/mol. The summed E-state index contributed by atoms with van der Waals surface area (Å²) in [6, 6.07) is 12.7. The molecule has 1 aromatic rings. The lowest BCUT2D eigenvalue weighted by Crippen LogP contribution is -2.17. The zero-order chi connectivity index (χ0) is 10.7. The zero-order valence-electron chi connectivity index (χ0n) is 8.48. The molecular formula is C12H13N2P. The van der Waals surface area contributed by atoms with Gasteiger partial charge < -0.3 is 5.73 Å². The standard InChI is InChI=1S/C12H13N2P/c13-8-10-9-15(7-6-12(10)14)11-4-2-1-3-5-11/h1-5H,6-7,9,14H2. The quantitative estimate of drug-likeness (QED) is 0.729. The SMILES string of the molecule is N#CC1=C(N)CCP(c2ccccc2)C1. The van der Waals surface area contributed by atoms with E-state index in [4.69, 9.17) is 11.0 Å². The van der Waals surface area contributed by atoms with Crippen LogP contribution in [0.15, 0.2) is 41.6 Å². The molecule has 0 aromatic heterocycles. The van der Waals surface area contributed by atoms with Crippen LogP contribution >= 0.6 is 7.92 Å². The molecule has 0 bridgehead atoms. The van der Waals surface area contributed by atoms with Crippen molar-refractivity contribution in [1.29, 1.82) is 5.26 Å². The summed E-state index contributed by atoms with van der Waals surface area (Å²) in [4.78, 5) is 0. The van der Waals surface area contributed by atoms with Gasteiger partial charge in [0.1, 0.15) is 0 Å². The molecule has 0 saturated heterocycles. The molecule has 1 unspecified atom stereocenters. The number of hydrogen-bond donors (Lipinski definition) is 1. The fourth-order valence-electron chi connectivity index (χ4n) is 1.74. The van der Waals surface area contributed by atoms with E-state index in [1.165, 1.54) is 5.30 Å². The minimum absolute atomic E-state index is 0.199. The maximum atomic E-state index is 8.95. The Balaban J connectivity index is 2.20. The topological polar surface area (TPSA) is 49.8 Å². The van der Waals surface area contributed by atoms with Gasteiger partial charge in [-0.05, 0) is 17.9 Å². The molecule has 1 atom stereocenters. The first kappa shape index (κ1) is 10.2. The molecule has 0 aliphatic carbocycles. The maximum absolute atomic E-state index is 8.95. The van der Waals surface area contributed by atoms with Gasteiger partial charge in [0.15, 0.2) is 0 Å². The predicted molar refractivity (Wildman–Crippen MR) is 64.2 cm³/mol. The largest absolute Gasteiger partial charge is 0.401 e. The minimum atomic E-state index is -0.199. The van der Waals surface area contributed by atoms with Gasteiger partial charge in [-0.2, -0.15) is 5.26 Å². The molecule has 15 heavy (non-hydrogen) atoms. The van der Waals surface area contributed by atoms with Crippen LogP contribution in [0.3, 0.4) is 0 Å². The molecule has 1 heterocycles. The summed E-state index contributed by atoms with van der Waals surface area (Å²) in [5, 5.41) is 10.3. The summed E-state index contributed by atoms with van der Waals surface area (Å²) in [5.41, 5.74) is 7.40. The minimum Gasteiger partial charge on any atom is -0.401 e. The molecule has 0 amide bonds. The van der Waals surface area contributed by atoms with E-state index in [1.807, 2.05) is 6.07 Å². The molecule has 0 saturated carbocycles. The highest BCUT2D eigenvalue weighted by Crippen LogP contribution is 2.41. The molecule has 1 aliphatic heterocycles.